The summed E-state index contributed by atoms with van der Waals surface area (Å²) in [6.45, 7) is 7.07. The standard InChI is InChI=1S/C23H25Cl2N3O4S2.C21H19Cl4N3O2S2/c1-15-10-22(20(25)13-19(15)24)34(29,30)28-8-6-27(7-9-28)23-26-17(14-33-23)11-16-4-5-18(31-2)12-21(16)32-3;1-13-8-20(19(25)11-17(13)23)32(29,30)28-6-4-27(5-7-28)21-26-16(12-31-21)9-14-2-3-15(22)10-18(14)24/h4-5,10,12-14H,6-9,11H2,1-3H3;2-3,8,10-12H,4-7,9H2,1H3. The van der Waals surface area contributed by atoms with Gasteiger partial charge in [0.2, 0.25) is 20.0 Å². The Morgan fingerprint density at radius 1 is 0.545 bits per heavy atom. The molecule has 0 N–H and O–H groups in total. The second-order valence-electron chi connectivity index (χ2n) is 15.4. The van der Waals surface area contributed by atoms with Crippen LogP contribution < -0.4 is 19.3 Å². The minimum absolute atomic E-state index is 0.0888. The molecule has 0 unspecified atom stereocenters. The lowest BCUT2D eigenvalue weighted by Crippen LogP contribution is -2.48. The van der Waals surface area contributed by atoms with Crippen LogP contribution in [0, 0.1) is 13.8 Å². The third-order valence-corrected chi connectivity index (χ3v) is 19.0. The van der Waals surface area contributed by atoms with Crippen LogP contribution in [0.1, 0.15) is 33.6 Å². The van der Waals surface area contributed by atoms with Crippen molar-refractivity contribution in [1.82, 2.24) is 18.6 Å². The van der Waals surface area contributed by atoms with Gasteiger partial charge in [0.25, 0.3) is 0 Å². The number of halogens is 6. The molecule has 0 saturated carbocycles. The van der Waals surface area contributed by atoms with Gasteiger partial charge in [0.1, 0.15) is 21.3 Å². The molecule has 2 aliphatic heterocycles. The lowest BCUT2D eigenvalue weighted by atomic mass is 10.1. The summed E-state index contributed by atoms with van der Waals surface area (Å²) in [4.78, 5) is 13.9. The summed E-state index contributed by atoms with van der Waals surface area (Å²) in [5.41, 5.74) is 5.16. The molecular weight excluding hydrogens is 1050 g/mol. The number of piperazine rings is 2. The van der Waals surface area contributed by atoms with Gasteiger partial charge in [-0.2, -0.15) is 8.61 Å². The molecule has 352 valence electrons. The molecule has 0 bridgehead atoms. The van der Waals surface area contributed by atoms with Gasteiger partial charge >= 0.3 is 0 Å². The molecule has 2 saturated heterocycles. The molecule has 2 aliphatic rings. The fourth-order valence-corrected chi connectivity index (χ4v) is 14.0. The second kappa shape index (κ2) is 21.7. The first kappa shape index (κ1) is 50.8. The largest absolute Gasteiger partial charge is 0.497 e. The highest BCUT2D eigenvalue weighted by molar-refractivity contribution is 7.89. The maximum atomic E-state index is 13.2. The van der Waals surface area contributed by atoms with Crippen LogP contribution in [0.25, 0.3) is 0 Å². The smallest absolute Gasteiger partial charge is 0.244 e. The van der Waals surface area contributed by atoms with Gasteiger partial charge in [0.05, 0.1) is 35.7 Å². The summed E-state index contributed by atoms with van der Waals surface area (Å²) in [5.74, 6) is 1.49. The summed E-state index contributed by atoms with van der Waals surface area (Å²) in [7, 11) is -4.16. The molecule has 12 nitrogen and oxygen atoms in total. The van der Waals surface area contributed by atoms with E-state index in [-0.39, 0.29) is 19.8 Å². The molecule has 8 rings (SSSR count). The average molecular weight is 1090 g/mol. The number of hydrogen-bond acceptors (Lipinski definition) is 12. The number of aryl methyl sites for hydroxylation is 2. The Kier molecular flexibility index (Phi) is 16.7. The first-order valence-corrected chi connectivity index (χ1v) is 27.2. The van der Waals surface area contributed by atoms with E-state index in [9.17, 15) is 16.8 Å². The number of benzene rings is 4. The lowest BCUT2D eigenvalue weighted by Gasteiger charge is -2.34. The summed E-state index contributed by atoms with van der Waals surface area (Å²) < 4.78 is 66.3. The van der Waals surface area contributed by atoms with Crippen molar-refractivity contribution in [2.45, 2.75) is 36.5 Å². The predicted octanol–water partition coefficient (Wildman–Crippen LogP) is 11.0. The topological polar surface area (TPSA) is 125 Å². The molecule has 22 heteroatoms. The van der Waals surface area contributed by atoms with Crippen molar-refractivity contribution in [2.24, 2.45) is 0 Å². The fraction of sp³-hybridized carbons (Fsp3) is 0.318. The number of hydrogen-bond donors (Lipinski definition) is 0. The Morgan fingerprint density at radius 2 is 1.00 bits per heavy atom. The van der Waals surface area contributed by atoms with E-state index in [0.29, 0.717) is 96.4 Å². The SMILES string of the molecule is COc1ccc(Cc2csc(N3CCN(S(=O)(=O)c4cc(C)c(Cl)cc4Cl)CC3)n2)c(OC)c1.Cc1cc(S(=O)(=O)N2CCN(c3nc(Cc4ccc(Cl)cc4Cl)cs3)CC2)c(Cl)cc1Cl. The van der Waals surface area contributed by atoms with E-state index in [2.05, 4.69) is 9.80 Å². The van der Waals surface area contributed by atoms with E-state index >= 15 is 0 Å². The molecule has 4 aromatic carbocycles. The van der Waals surface area contributed by atoms with Gasteiger partial charge in [-0.25, -0.2) is 26.8 Å². The highest BCUT2D eigenvalue weighted by Gasteiger charge is 2.33. The third kappa shape index (κ3) is 11.7. The third-order valence-electron chi connectivity index (χ3n) is 11.0. The second-order valence-corrected chi connectivity index (χ2v) is 23.3. The zero-order chi connectivity index (χ0) is 47.5. The zero-order valence-electron chi connectivity index (χ0n) is 36.0. The van der Waals surface area contributed by atoms with Crippen molar-refractivity contribution in [3.05, 3.63) is 135 Å². The summed E-state index contributed by atoms with van der Waals surface area (Å²) in [6, 6.07) is 17.2. The highest BCUT2D eigenvalue weighted by Crippen LogP contribution is 2.35. The predicted molar refractivity (Wildman–Crippen MR) is 270 cm³/mol. The van der Waals surface area contributed by atoms with Crippen LogP contribution in [0.2, 0.25) is 30.1 Å². The number of anilines is 2. The molecule has 66 heavy (non-hydrogen) atoms. The number of thiazole rings is 2. The number of aromatic nitrogens is 2. The first-order chi connectivity index (χ1) is 31.4. The van der Waals surface area contributed by atoms with Crippen molar-refractivity contribution in [3.8, 4) is 11.5 Å². The highest BCUT2D eigenvalue weighted by atomic mass is 35.5. The molecule has 2 fully saturated rings. The average Bonchev–Trinajstić information content (AvgIpc) is 3.98. The fourth-order valence-electron chi connectivity index (χ4n) is 7.27. The van der Waals surface area contributed by atoms with Gasteiger partial charge in [-0.05, 0) is 73.0 Å². The Labute approximate surface area is 423 Å². The van der Waals surface area contributed by atoms with E-state index in [1.54, 1.807) is 45.5 Å². The molecule has 0 atom stereocenters. The van der Waals surface area contributed by atoms with Gasteiger partial charge in [-0.15, -0.1) is 22.7 Å². The molecule has 2 aromatic heterocycles. The van der Waals surface area contributed by atoms with Crippen molar-refractivity contribution in [1.29, 1.82) is 0 Å². The maximum Gasteiger partial charge on any atom is 0.244 e. The molecule has 0 spiro atoms. The van der Waals surface area contributed by atoms with Gasteiger partial charge < -0.3 is 19.3 Å². The van der Waals surface area contributed by atoms with Gasteiger partial charge in [-0.1, -0.05) is 81.7 Å². The van der Waals surface area contributed by atoms with Crippen LogP contribution in [0.4, 0.5) is 10.3 Å². The van der Waals surface area contributed by atoms with E-state index in [4.69, 9.17) is 89.0 Å². The lowest BCUT2D eigenvalue weighted by molar-refractivity contribution is 0.384. The quantitative estimate of drug-likeness (QED) is 0.117. The van der Waals surface area contributed by atoms with Crippen LogP contribution in [-0.2, 0) is 32.9 Å². The van der Waals surface area contributed by atoms with Crippen LogP contribution in [0.5, 0.6) is 11.5 Å². The van der Waals surface area contributed by atoms with Gasteiger partial charge in [0, 0.05) is 108 Å². The van der Waals surface area contributed by atoms with Gasteiger partial charge in [0.15, 0.2) is 10.3 Å². The Balaban J connectivity index is 0.000000197. The first-order valence-electron chi connectivity index (χ1n) is 20.3. The minimum Gasteiger partial charge on any atom is -0.497 e. The van der Waals surface area contributed by atoms with Crippen molar-refractivity contribution in [2.75, 3.05) is 76.4 Å². The summed E-state index contributed by atoms with van der Waals surface area (Å²) in [5, 5.41) is 8.13. The molecule has 6 aromatic rings. The Hall–Kier alpha value is -3.10. The minimum atomic E-state index is -3.71. The maximum absolute atomic E-state index is 13.2. The number of methoxy groups -OCH3 is 2. The van der Waals surface area contributed by atoms with Crippen LogP contribution in [0.3, 0.4) is 0 Å². The van der Waals surface area contributed by atoms with Crippen molar-refractivity contribution >= 4 is 123 Å². The Bertz CT molecular complexity index is 2940. The summed E-state index contributed by atoms with van der Waals surface area (Å²) >= 11 is 39.9. The normalized spacial score (nSPS) is 15.1. The van der Waals surface area contributed by atoms with Crippen LogP contribution >= 0.6 is 92.3 Å². The zero-order valence-corrected chi connectivity index (χ0v) is 43.8. The van der Waals surface area contributed by atoms with Crippen molar-refractivity contribution < 1.29 is 26.3 Å². The van der Waals surface area contributed by atoms with Crippen molar-refractivity contribution in [3.63, 3.8) is 0 Å². The number of ether oxygens (including phenoxy) is 2. The van der Waals surface area contributed by atoms with E-state index in [0.717, 1.165) is 44.3 Å². The number of sulfonamides is 2. The van der Waals surface area contributed by atoms with E-state index < -0.39 is 20.0 Å². The van der Waals surface area contributed by atoms with Gasteiger partial charge in [-0.3, -0.25) is 0 Å². The summed E-state index contributed by atoms with van der Waals surface area (Å²) in [6.07, 6.45) is 1.24. The molecule has 0 amide bonds. The molecule has 0 radical (unpaired) electrons. The molecular formula is C44H44Cl6N6O6S4. The molecule has 0 aliphatic carbocycles. The van der Waals surface area contributed by atoms with Crippen LogP contribution in [-0.4, -0.2) is 102 Å². The monoisotopic (exact) mass is 1090 g/mol. The number of nitrogens with zero attached hydrogens (tertiary/aromatic N) is 6. The van der Waals surface area contributed by atoms with E-state index in [1.165, 1.54) is 44.2 Å². The number of rotatable bonds is 12. The Morgan fingerprint density at radius 3 is 1.44 bits per heavy atom. The van der Waals surface area contributed by atoms with E-state index in [1.807, 2.05) is 41.1 Å². The molecule has 4 heterocycles. The van der Waals surface area contributed by atoms with Crippen LogP contribution in [0.15, 0.2) is 81.2 Å².